The van der Waals surface area contributed by atoms with Gasteiger partial charge < -0.3 is 5.11 Å². The Labute approximate surface area is 341 Å². The number of hydrogen-bond acceptors (Lipinski definition) is 6. The number of halogens is 10. The van der Waals surface area contributed by atoms with Gasteiger partial charge in [-0.3, -0.25) is 18.4 Å². The van der Waals surface area contributed by atoms with Crippen LogP contribution in [0.2, 0.25) is 5.02 Å². The number of pyridine rings is 1. The maximum Gasteiger partial charge on any atom is 0.435 e. The van der Waals surface area contributed by atoms with Crippen molar-refractivity contribution in [3.63, 3.8) is 0 Å². The van der Waals surface area contributed by atoms with Gasteiger partial charge in [-0.05, 0) is 76.0 Å². The van der Waals surface area contributed by atoms with E-state index in [0.717, 1.165) is 12.1 Å². The zero-order valence-electron chi connectivity index (χ0n) is 31.6. The summed E-state index contributed by atoms with van der Waals surface area (Å²) in [6.45, 7) is -1.02. The van der Waals surface area contributed by atoms with E-state index in [9.17, 15) is 44.8 Å². The molecule has 1 N–H and O–H groups in total. The van der Waals surface area contributed by atoms with E-state index in [0.29, 0.717) is 32.9 Å². The van der Waals surface area contributed by atoms with Crippen molar-refractivity contribution in [1.29, 1.82) is 0 Å². The number of aromatic nitrogens is 5. The summed E-state index contributed by atoms with van der Waals surface area (Å²) in [5.74, 6) is -4.64. The summed E-state index contributed by atoms with van der Waals surface area (Å²) in [6, 6.07) is 8.63. The molecule has 19 heteroatoms. The third-order valence-electron chi connectivity index (χ3n) is 11.0. The zero-order chi connectivity index (χ0) is 43.5. The first-order valence-electron chi connectivity index (χ1n) is 18.4. The molecule has 0 amide bonds. The Hall–Kier alpha value is -4.86. The minimum atomic E-state index is -5.09. The number of ketones is 1. The SMILES string of the molecule is C=S(C)(=O)Cc1nn(C)c2c(-c3ccc(C#CC4(O)CC(F)(F)C4)nc3[C@@H](CC(=O)Cn3nc(C(F)(F)F)c4c3C(F)(F)[C@@H]3C[C@H]43)Cc3cc(F)cc(F)c3)ccc(Cl)c12. The van der Waals surface area contributed by atoms with Crippen molar-refractivity contribution in [1.82, 2.24) is 24.5 Å². The van der Waals surface area contributed by atoms with E-state index >= 15 is 8.78 Å². The number of hydrogen-bond donors (Lipinski definition) is 1. The lowest BCUT2D eigenvalue weighted by Crippen LogP contribution is -2.50. The highest BCUT2D eigenvalue weighted by Gasteiger charge is 2.68. The lowest BCUT2D eigenvalue weighted by molar-refractivity contribution is -0.176. The Kier molecular flexibility index (Phi) is 9.83. The number of benzene rings is 2. The van der Waals surface area contributed by atoms with Crippen molar-refractivity contribution < 1.29 is 53.6 Å². The fraction of sp³-hybridized carbons (Fsp3) is 0.390. The summed E-state index contributed by atoms with van der Waals surface area (Å²) >= 11 is 6.67. The van der Waals surface area contributed by atoms with Gasteiger partial charge in [-0.15, -0.1) is 0 Å². The number of nitrogens with zero attached hydrogens (tertiary/aromatic N) is 5. The lowest BCUT2D eigenvalue weighted by atomic mass is 9.77. The Morgan fingerprint density at radius 1 is 1.07 bits per heavy atom. The summed E-state index contributed by atoms with van der Waals surface area (Å²) in [5, 5.41) is 19.2. The maximum absolute atomic E-state index is 15.4. The van der Waals surface area contributed by atoms with Crippen molar-refractivity contribution in [2.24, 2.45) is 13.0 Å². The number of carbonyl (C=O) groups excluding carboxylic acids is 1. The third kappa shape index (κ3) is 7.79. The van der Waals surface area contributed by atoms with E-state index in [4.69, 9.17) is 11.6 Å². The molecule has 316 valence electrons. The van der Waals surface area contributed by atoms with Gasteiger partial charge in [0.15, 0.2) is 11.5 Å². The van der Waals surface area contributed by atoms with Crippen molar-refractivity contribution in [3.05, 3.63) is 98.7 Å². The predicted octanol–water partition coefficient (Wildman–Crippen LogP) is 8.33. The van der Waals surface area contributed by atoms with E-state index < -0.39 is 111 Å². The van der Waals surface area contributed by atoms with Gasteiger partial charge in [-0.25, -0.2) is 22.5 Å². The quantitative estimate of drug-likeness (QED) is 0.0861. The van der Waals surface area contributed by atoms with E-state index in [1.165, 1.54) is 29.1 Å². The van der Waals surface area contributed by atoms with Gasteiger partial charge in [-0.1, -0.05) is 23.6 Å². The first-order chi connectivity index (χ1) is 27.8. The number of rotatable bonds is 10. The molecular formula is C41H33ClF9N5O3S. The van der Waals surface area contributed by atoms with Crippen LogP contribution in [-0.4, -0.2) is 63.3 Å². The van der Waals surface area contributed by atoms with Crippen molar-refractivity contribution in [2.45, 2.75) is 79.9 Å². The fourth-order valence-electron chi connectivity index (χ4n) is 8.60. The van der Waals surface area contributed by atoms with Crippen LogP contribution in [0.5, 0.6) is 0 Å². The Bertz CT molecular complexity index is 2780. The van der Waals surface area contributed by atoms with Crippen LogP contribution in [0.15, 0.2) is 42.5 Å². The molecule has 2 fully saturated rings. The molecular weight excluding hydrogens is 849 g/mol. The molecule has 5 aromatic rings. The van der Waals surface area contributed by atoms with Gasteiger partial charge in [-0.2, -0.15) is 32.1 Å². The highest BCUT2D eigenvalue weighted by atomic mass is 35.5. The van der Waals surface area contributed by atoms with Crippen LogP contribution < -0.4 is 0 Å². The molecule has 0 aliphatic heterocycles. The number of aryl methyl sites for hydroxylation is 1. The molecule has 0 radical (unpaired) electrons. The molecule has 0 saturated heterocycles. The van der Waals surface area contributed by atoms with Gasteiger partial charge in [0.2, 0.25) is 0 Å². The van der Waals surface area contributed by atoms with Crippen molar-refractivity contribution >= 4 is 43.7 Å². The number of aliphatic hydroxyl groups is 1. The molecule has 3 aliphatic rings. The third-order valence-corrected chi connectivity index (χ3v) is 12.2. The summed E-state index contributed by atoms with van der Waals surface area (Å²) in [5.41, 5.74) is -3.85. The number of carbonyl (C=O) groups is 1. The van der Waals surface area contributed by atoms with Gasteiger partial charge in [0, 0.05) is 59.7 Å². The second-order valence-corrected chi connectivity index (χ2v) is 19.2. The molecule has 3 aromatic heterocycles. The Morgan fingerprint density at radius 3 is 2.37 bits per heavy atom. The average molecular weight is 882 g/mol. The summed E-state index contributed by atoms with van der Waals surface area (Å²) in [6.07, 6.45) is -6.66. The molecule has 1 unspecified atom stereocenters. The second-order valence-electron chi connectivity index (χ2n) is 16.1. The molecule has 3 heterocycles. The zero-order valence-corrected chi connectivity index (χ0v) is 33.2. The second kappa shape index (κ2) is 14.1. The highest BCUT2D eigenvalue weighted by Crippen LogP contribution is 2.68. The first kappa shape index (κ1) is 41.9. The van der Waals surface area contributed by atoms with Crippen LogP contribution in [0.4, 0.5) is 39.5 Å². The van der Waals surface area contributed by atoms with Gasteiger partial charge in [0.05, 0.1) is 40.5 Å². The van der Waals surface area contributed by atoms with E-state index in [2.05, 4.69) is 32.9 Å². The molecule has 8 rings (SSSR count). The topological polar surface area (TPSA) is 103 Å². The van der Waals surface area contributed by atoms with Crippen molar-refractivity contribution in [3.8, 4) is 23.0 Å². The van der Waals surface area contributed by atoms with Crippen LogP contribution in [0.25, 0.3) is 22.0 Å². The lowest BCUT2D eigenvalue weighted by Gasteiger charge is -2.39. The maximum atomic E-state index is 15.4. The van der Waals surface area contributed by atoms with Gasteiger partial charge in [0.1, 0.15) is 35.2 Å². The van der Waals surface area contributed by atoms with Crippen LogP contribution in [0, 0.1) is 29.4 Å². The van der Waals surface area contributed by atoms with Crippen LogP contribution in [-0.2, 0) is 52.2 Å². The smallest absolute Gasteiger partial charge is 0.377 e. The van der Waals surface area contributed by atoms with E-state index in [1.54, 1.807) is 13.1 Å². The predicted molar refractivity (Wildman–Crippen MR) is 204 cm³/mol. The summed E-state index contributed by atoms with van der Waals surface area (Å²) in [7, 11) is -1.06. The molecule has 3 aliphatic carbocycles. The molecule has 60 heavy (non-hydrogen) atoms. The minimum absolute atomic E-state index is 0.0156. The average Bonchev–Trinajstić information content (AvgIpc) is 3.64. The van der Waals surface area contributed by atoms with Crippen LogP contribution >= 0.6 is 11.6 Å². The standard InChI is InChI=1S/C41H33ClF9N5O3S/c1-55-35-27(6-7-30(42)33(35)31(53-55)17-60(2,3)59)26-5-4-24(8-9-38(58)18-39(45,46)19-38)52-34(26)21(10-20-11-22(43)14-23(44)12-20)13-25(57)16-56-37-32(36(54-56)41(49,50)51)28-15-29(28)40(37,47)48/h4-7,11-12,14,21,28-29,58H,2,10,13,15-19H2,1,3H3/t21-,28+,29-,60?/m1/s1. The summed E-state index contributed by atoms with van der Waals surface area (Å²) < 4.78 is 144. The van der Waals surface area contributed by atoms with E-state index in [-0.39, 0.29) is 46.1 Å². The molecule has 8 nitrogen and oxygen atoms in total. The molecule has 0 spiro atoms. The molecule has 4 atom stereocenters. The molecule has 0 bridgehead atoms. The number of fused-ring (bicyclic) bond motifs is 4. The normalized spacial score (nSPS) is 21.0. The van der Waals surface area contributed by atoms with Crippen molar-refractivity contribution in [2.75, 3.05) is 6.26 Å². The number of alkyl halides is 7. The van der Waals surface area contributed by atoms with Crippen LogP contribution in [0.1, 0.15) is 77.1 Å². The molecule has 2 aromatic carbocycles. The summed E-state index contributed by atoms with van der Waals surface area (Å²) in [4.78, 5) is 18.8. The van der Waals surface area contributed by atoms with Gasteiger partial charge >= 0.3 is 6.18 Å². The minimum Gasteiger partial charge on any atom is -0.377 e. The first-order valence-corrected chi connectivity index (χ1v) is 21.1. The number of Topliss-reactive ketones (excluding diaryl/α,β-unsaturated/α-hetero) is 1. The van der Waals surface area contributed by atoms with Gasteiger partial charge in [0.25, 0.3) is 11.8 Å². The Balaban J connectivity index is 1.28. The van der Waals surface area contributed by atoms with Crippen LogP contribution in [0.3, 0.4) is 0 Å². The van der Waals surface area contributed by atoms with E-state index in [1.807, 2.05) is 0 Å². The fourth-order valence-corrected chi connectivity index (χ4v) is 9.64. The largest absolute Gasteiger partial charge is 0.435 e. The monoisotopic (exact) mass is 881 g/mol. The highest BCUT2D eigenvalue weighted by molar-refractivity contribution is 7.98. The molecule has 2 saturated carbocycles. The Morgan fingerprint density at radius 2 is 1.73 bits per heavy atom.